The highest BCUT2D eigenvalue weighted by atomic mass is 127. The lowest BCUT2D eigenvalue weighted by Crippen LogP contribution is -2.28. The van der Waals surface area contributed by atoms with E-state index in [1.54, 1.807) is 36.4 Å². The number of carboxylic acids is 1. The third-order valence-electron chi connectivity index (χ3n) is 4.23. The number of methoxy groups -OCH3 is 1. The first-order valence-corrected chi connectivity index (χ1v) is 10.7. The number of ether oxygens (including phenoxy) is 2. The topological polar surface area (TPSA) is 93.1 Å². The maximum atomic E-state index is 12.4. The summed E-state index contributed by atoms with van der Waals surface area (Å²) in [5, 5.41) is 8.72. The van der Waals surface area contributed by atoms with Gasteiger partial charge in [-0.05, 0) is 75.8 Å². The van der Waals surface area contributed by atoms with E-state index in [1.807, 2.05) is 0 Å². The minimum absolute atomic E-state index is 0.0707. The predicted molar refractivity (Wildman–Crippen MR) is 125 cm³/mol. The van der Waals surface area contributed by atoms with Gasteiger partial charge < -0.3 is 14.6 Å². The minimum Gasteiger partial charge on any atom is -0.493 e. The molecule has 0 unspecified atom stereocenters. The van der Waals surface area contributed by atoms with Crippen LogP contribution in [0, 0.1) is 15.9 Å². The Hall–Kier alpha value is -2.97. The number of hydrogen-bond acceptors (Lipinski definition) is 6. The van der Waals surface area contributed by atoms with E-state index in [-0.39, 0.29) is 23.6 Å². The number of halogens is 1. The molecule has 0 bridgehead atoms. The molecule has 2 amide bonds. The quantitative estimate of drug-likeness (QED) is 0.314. The van der Waals surface area contributed by atoms with E-state index < -0.39 is 17.1 Å². The Bertz CT molecular complexity index is 1140. The second-order valence-electron chi connectivity index (χ2n) is 6.30. The van der Waals surface area contributed by atoms with E-state index in [4.69, 9.17) is 21.0 Å². The highest BCUT2D eigenvalue weighted by molar-refractivity contribution is 14.1. The van der Waals surface area contributed by atoms with Crippen LogP contribution in [0.25, 0.3) is 6.08 Å². The number of thioether (sulfide) groups is 1. The monoisotopic (exact) mass is 549 g/mol. The molecule has 2 aromatic rings. The summed E-state index contributed by atoms with van der Waals surface area (Å²) in [6.07, 6.45) is 6.82. The van der Waals surface area contributed by atoms with Crippen molar-refractivity contribution in [2.75, 3.05) is 13.7 Å². The summed E-state index contributed by atoms with van der Waals surface area (Å²) in [5.74, 6) is 1.79. The molecule has 7 nitrogen and oxygen atoms in total. The fraction of sp³-hybridized carbons (Fsp3) is 0.136. The highest BCUT2D eigenvalue weighted by Gasteiger charge is 2.34. The van der Waals surface area contributed by atoms with Crippen LogP contribution < -0.4 is 9.47 Å². The Kier molecular flexibility index (Phi) is 7.25. The molecule has 9 heteroatoms. The third-order valence-corrected chi connectivity index (χ3v) is 5.94. The lowest BCUT2D eigenvalue weighted by molar-refractivity contribution is -0.122. The van der Waals surface area contributed by atoms with Crippen LogP contribution in [0.1, 0.15) is 21.5 Å². The zero-order valence-corrected chi connectivity index (χ0v) is 19.2. The largest absolute Gasteiger partial charge is 0.493 e. The molecule has 0 aliphatic carbocycles. The van der Waals surface area contributed by atoms with E-state index in [2.05, 4.69) is 28.5 Å². The molecule has 1 fully saturated rings. The van der Waals surface area contributed by atoms with Gasteiger partial charge in [-0.1, -0.05) is 18.1 Å². The molecule has 0 radical (unpaired) electrons. The van der Waals surface area contributed by atoms with Crippen molar-refractivity contribution in [3.05, 3.63) is 61.6 Å². The Morgan fingerprint density at radius 2 is 2.10 bits per heavy atom. The molecule has 0 saturated carbocycles. The SMILES string of the molecule is C#CCN1C(=O)S/C(=C/c2cc(I)c(OCc3cccc(C(=O)O)c3)c(OC)c2)C1=O. The Balaban J connectivity index is 1.83. The molecule has 2 aromatic carbocycles. The van der Waals surface area contributed by atoms with Crippen molar-refractivity contribution in [1.29, 1.82) is 0 Å². The van der Waals surface area contributed by atoms with Crippen LogP contribution in [-0.2, 0) is 11.4 Å². The van der Waals surface area contributed by atoms with Crippen molar-refractivity contribution in [3.8, 4) is 23.8 Å². The van der Waals surface area contributed by atoms with Gasteiger partial charge in [0.2, 0.25) is 0 Å². The number of nitrogens with zero attached hydrogens (tertiary/aromatic N) is 1. The van der Waals surface area contributed by atoms with Crippen LogP contribution in [0.15, 0.2) is 41.3 Å². The number of carbonyl (C=O) groups excluding carboxylic acids is 2. The highest BCUT2D eigenvalue weighted by Crippen LogP contribution is 2.37. The first-order chi connectivity index (χ1) is 14.8. The van der Waals surface area contributed by atoms with Gasteiger partial charge in [0.1, 0.15) is 6.61 Å². The summed E-state index contributed by atoms with van der Waals surface area (Å²) in [6.45, 7) is 0.0799. The second kappa shape index (κ2) is 9.89. The van der Waals surface area contributed by atoms with Crippen molar-refractivity contribution < 1.29 is 29.0 Å². The second-order valence-corrected chi connectivity index (χ2v) is 8.46. The standard InChI is InChI=1S/C22H16INO6S/c1-3-7-24-20(25)18(31-22(24)28)11-14-9-16(23)19(17(10-14)29-2)30-12-13-5-4-6-15(8-13)21(26)27/h1,4-6,8-11H,7,12H2,2H3,(H,26,27)/b18-11+. The fourth-order valence-corrected chi connectivity index (χ4v) is 4.41. The summed E-state index contributed by atoms with van der Waals surface area (Å²) in [7, 11) is 1.49. The predicted octanol–water partition coefficient (Wildman–Crippen LogP) is 4.25. The van der Waals surface area contributed by atoms with Crippen molar-refractivity contribution >= 4 is 57.5 Å². The molecule has 1 heterocycles. The minimum atomic E-state index is -1.01. The first kappa shape index (κ1) is 22.7. The van der Waals surface area contributed by atoms with E-state index in [1.165, 1.54) is 13.2 Å². The number of benzene rings is 2. The average molecular weight is 549 g/mol. The molecular formula is C22H16INO6S. The number of amides is 2. The molecule has 1 N–H and O–H groups in total. The van der Waals surface area contributed by atoms with Gasteiger partial charge in [-0.25, -0.2) is 4.79 Å². The van der Waals surface area contributed by atoms with Gasteiger partial charge in [0.25, 0.3) is 11.1 Å². The number of imide groups is 1. The summed E-state index contributed by atoms with van der Waals surface area (Å²) < 4.78 is 12.1. The number of terminal acetylenes is 1. The van der Waals surface area contributed by atoms with Gasteiger partial charge in [0.15, 0.2) is 11.5 Å². The molecule has 158 valence electrons. The van der Waals surface area contributed by atoms with Crippen LogP contribution in [0.3, 0.4) is 0 Å². The van der Waals surface area contributed by atoms with Crippen molar-refractivity contribution in [2.45, 2.75) is 6.61 Å². The van der Waals surface area contributed by atoms with Crippen LogP contribution >= 0.6 is 34.4 Å². The van der Waals surface area contributed by atoms with Gasteiger partial charge in [-0.15, -0.1) is 6.42 Å². The van der Waals surface area contributed by atoms with Crippen molar-refractivity contribution in [2.24, 2.45) is 0 Å². The average Bonchev–Trinajstić information content (AvgIpc) is 3.00. The Morgan fingerprint density at radius 3 is 2.77 bits per heavy atom. The zero-order valence-electron chi connectivity index (χ0n) is 16.3. The number of aromatic carboxylic acids is 1. The molecule has 0 atom stereocenters. The zero-order chi connectivity index (χ0) is 22.5. The first-order valence-electron chi connectivity index (χ1n) is 8.85. The third kappa shape index (κ3) is 5.21. The van der Waals surface area contributed by atoms with E-state index in [9.17, 15) is 14.4 Å². The molecule has 1 aliphatic heterocycles. The van der Waals surface area contributed by atoms with Gasteiger partial charge in [-0.2, -0.15) is 0 Å². The number of carboxylic acid groups (broad SMARTS) is 1. The fourth-order valence-electron chi connectivity index (χ4n) is 2.79. The Morgan fingerprint density at radius 1 is 1.32 bits per heavy atom. The van der Waals surface area contributed by atoms with E-state index in [0.717, 1.165) is 20.2 Å². The van der Waals surface area contributed by atoms with Gasteiger partial charge >= 0.3 is 5.97 Å². The summed E-state index contributed by atoms with van der Waals surface area (Å²) in [4.78, 5) is 36.8. The molecule has 0 spiro atoms. The number of rotatable bonds is 7. The summed E-state index contributed by atoms with van der Waals surface area (Å²) in [6, 6.07) is 9.97. The van der Waals surface area contributed by atoms with Gasteiger partial charge in [-0.3, -0.25) is 14.5 Å². The molecule has 0 aromatic heterocycles. The number of hydrogen-bond donors (Lipinski definition) is 1. The smallest absolute Gasteiger partial charge is 0.335 e. The van der Waals surface area contributed by atoms with Crippen LogP contribution in [0.2, 0.25) is 0 Å². The summed E-state index contributed by atoms with van der Waals surface area (Å²) in [5.41, 5.74) is 1.54. The van der Waals surface area contributed by atoms with E-state index in [0.29, 0.717) is 22.6 Å². The number of carbonyl (C=O) groups is 3. The van der Waals surface area contributed by atoms with Gasteiger partial charge in [0, 0.05) is 0 Å². The molecule has 1 aliphatic rings. The van der Waals surface area contributed by atoms with Crippen LogP contribution in [0.5, 0.6) is 11.5 Å². The normalized spacial score (nSPS) is 14.6. The van der Waals surface area contributed by atoms with Crippen molar-refractivity contribution in [1.82, 2.24) is 4.90 Å². The van der Waals surface area contributed by atoms with Crippen LogP contribution in [-0.4, -0.2) is 40.8 Å². The molecule has 1 saturated heterocycles. The maximum Gasteiger partial charge on any atom is 0.335 e. The molecule has 31 heavy (non-hydrogen) atoms. The molecular weight excluding hydrogens is 533 g/mol. The maximum absolute atomic E-state index is 12.4. The lowest BCUT2D eigenvalue weighted by atomic mass is 10.1. The summed E-state index contributed by atoms with van der Waals surface area (Å²) >= 11 is 2.92. The molecule has 3 rings (SSSR count). The van der Waals surface area contributed by atoms with Crippen LogP contribution in [0.4, 0.5) is 4.79 Å². The van der Waals surface area contributed by atoms with Crippen molar-refractivity contribution in [3.63, 3.8) is 0 Å². The Labute approximate surface area is 196 Å². The van der Waals surface area contributed by atoms with E-state index >= 15 is 0 Å². The lowest BCUT2D eigenvalue weighted by Gasteiger charge is -2.14. The van der Waals surface area contributed by atoms with Gasteiger partial charge in [0.05, 0.1) is 27.7 Å².